The Hall–Kier alpha value is -0.340. The molecule has 3 rings (SSSR count). The Labute approximate surface area is 131 Å². The molecule has 1 saturated heterocycles. The Morgan fingerprint density at radius 3 is 2.80 bits per heavy atom. The summed E-state index contributed by atoms with van der Waals surface area (Å²) in [5, 5.41) is 3.64. The van der Waals surface area contributed by atoms with Gasteiger partial charge in [0.2, 0.25) is 0 Å². The zero-order valence-corrected chi connectivity index (χ0v) is 14.2. The summed E-state index contributed by atoms with van der Waals surface area (Å²) in [5.74, 6) is 2.46. The summed E-state index contributed by atoms with van der Waals surface area (Å²) in [7, 11) is 0. The zero-order valence-electron chi connectivity index (χ0n) is 12.7. The van der Waals surface area contributed by atoms with E-state index in [9.17, 15) is 0 Å². The first kappa shape index (κ1) is 14.6. The van der Waals surface area contributed by atoms with Crippen LogP contribution in [-0.4, -0.2) is 13.1 Å². The van der Waals surface area contributed by atoms with Gasteiger partial charge in [0.1, 0.15) is 0 Å². The van der Waals surface area contributed by atoms with E-state index >= 15 is 0 Å². The summed E-state index contributed by atoms with van der Waals surface area (Å²) in [6.07, 6.45) is 5.58. The van der Waals surface area contributed by atoms with Crippen LogP contribution >= 0.6 is 15.9 Å². The standard InChI is InChI=1S/C18H26BrN/c1-13-6-7-18(11-14(13)2)8-9-20-12-17(18)15-4-3-5-16(19)10-15/h3-5,10,13-14,17,20H,6-9,11-12H2,1-2H3. The quantitative estimate of drug-likeness (QED) is 0.764. The van der Waals surface area contributed by atoms with Crippen LogP contribution in [0.25, 0.3) is 0 Å². The van der Waals surface area contributed by atoms with Crippen LogP contribution in [0.1, 0.15) is 51.0 Å². The fraction of sp³-hybridized carbons (Fsp3) is 0.667. The van der Waals surface area contributed by atoms with Crippen molar-refractivity contribution in [3.05, 3.63) is 34.3 Å². The maximum atomic E-state index is 3.64. The average molecular weight is 336 g/mol. The van der Waals surface area contributed by atoms with Gasteiger partial charge in [0.15, 0.2) is 0 Å². The van der Waals surface area contributed by atoms with Gasteiger partial charge in [-0.15, -0.1) is 0 Å². The molecule has 1 nitrogen and oxygen atoms in total. The molecule has 1 aliphatic carbocycles. The van der Waals surface area contributed by atoms with Crippen molar-refractivity contribution in [2.75, 3.05) is 13.1 Å². The maximum absolute atomic E-state index is 3.64. The summed E-state index contributed by atoms with van der Waals surface area (Å²) in [6.45, 7) is 7.25. The van der Waals surface area contributed by atoms with Crippen LogP contribution in [0.15, 0.2) is 28.7 Å². The van der Waals surface area contributed by atoms with Crippen molar-refractivity contribution < 1.29 is 0 Å². The van der Waals surface area contributed by atoms with Gasteiger partial charge in [0.05, 0.1) is 0 Å². The first-order valence-electron chi connectivity index (χ1n) is 8.07. The largest absolute Gasteiger partial charge is 0.316 e. The minimum atomic E-state index is 0.540. The molecule has 1 heterocycles. The Balaban J connectivity index is 1.91. The summed E-state index contributed by atoms with van der Waals surface area (Å²) >= 11 is 3.64. The number of hydrogen-bond donors (Lipinski definition) is 1. The molecule has 1 saturated carbocycles. The smallest absolute Gasteiger partial charge is 0.0178 e. The molecule has 1 aliphatic heterocycles. The van der Waals surface area contributed by atoms with Crippen LogP contribution < -0.4 is 5.32 Å². The number of rotatable bonds is 1. The third-order valence-electron chi connectivity index (χ3n) is 5.94. The van der Waals surface area contributed by atoms with E-state index in [1.807, 2.05) is 0 Å². The molecule has 0 aromatic heterocycles. The number of piperidine rings is 1. The van der Waals surface area contributed by atoms with Gasteiger partial charge < -0.3 is 5.32 Å². The van der Waals surface area contributed by atoms with Gasteiger partial charge in [-0.25, -0.2) is 0 Å². The first-order valence-corrected chi connectivity index (χ1v) is 8.86. The molecule has 2 aliphatic rings. The van der Waals surface area contributed by atoms with E-state index in [-0.39, 0.29) is 0 Å². The minimum absolute atomic E-state index is 0.540. The van der Waals surface area contributed by atoms with Gasteiger partial charge >= 0.3 is 0 Å². The predicted molar refractivity (Wildman–Crippen MR) is 89.0 cm³/mol. The summed E-state index contributed by atoms with van der Waals surface area (Å²) in [4.78, 5) is 0. The Bertz CT molecular complexity index is 472. The summed E-state index contributed by atoms with van der Waals surface area (Å²) in [6, 6.07) is 8.99. The van der Waals surface area contributed by atoms with Crippen molar-refractivity contribution in [2.45, 2.75) is 45.4 Å². The molecule has 1 aromatic rings. The van der Waals surface area contributed by atoms with E-state index in [1.54, 1.807) is 0 Å². The normalized spacial score (nSPS) is 38.0. The Morgan fingerprint density at radius 1 is 1.20 bits per heavy atom. The molecule has 110 valence electrons. The van der Waals surface area contributed by atoms with Gasteiger partial charge in [-0.3, -0.25) is 0 Å². The molecule has 2 heteroatoms. The molecule has 1 spiro atoms. The second-order valence-electron chi connectivity index (χ2n) is 7.12. The molecule has 2 fully saturated rings. The molecule has 0 radical (unpaired) electrons. The molecule has 4 atom stereocenters. The highest BCUT2D eigenvalue weighted by molar-refractivity contribution is 9.10. The van der Waals surface area contributed by atoms with Crippen molar-refractivity contribution in [2.24, 2.45) is 17.3 Å². The van der Waals surface area contributed by atoms with Gasteiger partial charge in [0.25, 0.3) is 0 Å². The number of hydrogen-bond acceptors (Lipinski definition) is 1. The Kier molecular flexibility index (Phi) is 4.24. The van der Waals surface area contributed by atoms with Gasteiger partial charge in [-0.1, -0.05) is 41.9 Å². The molecule has 1 aromatic carbocycles. The highest BCUT2D eigenvalue weighted by Gasteiger charge is 2.45. The van der Waals surface area contributed by atoms with Crippen molar-refractivity contribution in [3.8, 4) is 0 Å². The maximum Gasteiger partial charge on any atom is 0.0178 e. The number of nitrogens with one attached hydrogen (secondary N) is 1. The fourth-order valence-corrected chi connectivity index (χ4v) is 4.87. The molecular weight excluding hydrogens is 310 g/mol. The average Bonchev–Trinajstić information content (AvgIpc) is 2.44. The van der Waals surface area contributed by atoms with Crippen LogP contribution in [0.2, 0.25) is 0 Å². The molecular formula is C18H26BrN. The lowest BCUT2D eigenvalue weighted by atomic mass is 9.56. The SMILES string of the molecule is CC1CCC2(CCNCC2c2cccc(Br)c2)CC1C. The second-order valence-corrected chi connectivity index (χ2v) is 8.04. The predicted octanol–water partition coefficient (Wildman–Crippen LogP) is 4.97. The third-order valence-corrected chi connectivity index (χ3v) is 6.43. The number of halogens is 1. The second kappa shape index (κ2) is 5.81. The van der Waals surface area contributed by atoms with E-state index in [2.05, 4.69) is 59.4 Å². The van der Waals surface area contributed by atoms with E-state index in [1.165, 1.54) is 42.3 Å². The highest BCUT2D eigenvalue weighted by Crippen LogP contribution is 2.53. The molecule has 0 bridgehead atoms. The molecule has 4 unspecified atom stereocenters. The summed E-state index contributed by atoms with van der Waals surface area (Å²) < 4.78 is 1.22. The van der Waals surface area contributed by atoms with Crippen LogP contribution in [0.4, 0.5) is 0 Å². The highest BCUT2D eigenvalue weighted by atomic mass is 79.9. The monoisotopic (exact) mass is 335 g/mol. The first-order chi connectivity index (χ1) is 9.61. The van der Waals surface area contributed by atoms with Gasteiger partial charge in [0, 0.05) is 16.9 Å². The van der Waals surface area contributed by atoms with Crippen LogP contribution in [0, 0.1) is 17.3 Å². The minimum Gasteiger partial charge on any atom is -0.316 e. The van der Waals surface area contributed by atoms with E-state index in [0.29, 0.717) is 11.3 Å². The van der Waals surface area contributed by atoms with Crippen molar-refractivity contribution in [3.63, 3.8) is 0 Å². The van der Waals surface area contributed by atoms with Gasteiger partial charge in [-0.05, 0) is 67.2 Å². The van der Waals surface area contributed by atoms with Crippen molar-refractivity contribution in [1.82, 2.24) is 5.32 Å². The van der Waals surface area contributed by atoms with Crippen molar-refractivity contribution >= 4 is 15.9 Å². The molecule has 0 amide bonds. The van der Waals surface area contributed by atoms with Crippen LogP contribution in [0.5, 0.6) is 0 Å². The lowest BCUT2D eigenvalue weighted by molar-refractivity contribution is 0.0487. The third kappa shape index (κ3) is 2.69. The number of benzene rings is 1. The van der Waals surface area contributed by atoms with Gasteiger partial charge in [-0.2, -0.15) is 0 Å². The lowest BCUT2D eigenvalue weighted by Gasteiger charge is -2.51. The fourth-order valence-electron chi connectivity index (χ4n) is 4.46. The zero-order chi connectivity index (χ0) is 14.2. The molecule has 1 N–H and O–H groups in total. The lowest BCUT2D eigenvalue weighted by Crippen LogP contribution is -2.47. The Morgan fingerprint density at radius 2 is 2.05 bits per heavy atom. The van der Waals surface area contributed by atoms with Crippen molar-refractivity contribution in [1.29, 1.82) is 0 Å². The van der Waals surface area contributed by atoms with E-state index < -0.39 is 0 Å². The van der Waals surface area contributed by atoms with E-state index in [0.717, 1.165) is 18.4 Å². The van der Waals surface area contributed by atoms with Crippen LogP contribution in [0.3, 0.4) is 0 Å². The van der Waals surface area contributed by atoms with Crippen LogP contribution in [-0.2, 0) is 0 Å². The van der Waals surface area contributed by atoms with E-state index in [4.69, 9.17) is 0 Å². The summed E-state index contributed by atoms with van der Waals surface area (Å²) in [5.41, 5.74) is 2.06. The molecule has 20 heavy (non-hydrogen) atoms. The topological polar surface area (TPSA) is 12.0 Å².